The number of rotatable bonds is 1. The smallest absolute Gasteiger partial charge is 0.202 e. The lowest BCUT2D eigenvalue weighted by molar-refractivity contribution is -0.113. The Morgan fingerprint density at radius 3 is 2.43 bits per heavy atom. The van der Waals surface area contributed by atoms with Crippen LogP contribution in [0, 0.1) is 0 Å². The van der Waals surface area contributed by atoms with Crippen molar-refractivity contribution < 1.29 is 4.79 Å². The van der Waals surface area contributed by atoms with E-state index < -0.39 is 0 Å². The third-order valence-electron chi connectivity index (χ3n) is 2.38. The molecule has 0 radical (unpaired) electrons. The normalized spacial score (nSPS) is 21.3. The summed E-state index contributed by atoms with van der Waals surface area (Å²) >= 11 is 0. The number of ketones is 1. The second-order valence-corrected chi connectivity index (χ2v) is 3.41. The molecule has 0 aliphatic carbocycles. The van der Waals surface area contributed by atoms with Crippen LogP contribution in [-0.2, 0) is 4.79 Å². The fourth-order valence-electron chi connectivity index (χ4n) is 1.57. The van der Waals surface area contributed by atoms with Crippen molar-refractivity contribution >= 4 is 17.2 Å². The number of hydrogen-bond acceptors (Lipinski definition) is 3. The van der Waals surface area contributed by atoms with E-state index in [-0.39, 0.29) is 11.8 Å². The van der Waals surface area contributed by atoms with Gasteiger partial charge >= 0.3 is 0 Å². The lowest BCUT2D eigenvalue weighted by atomic mass is 10.1. The summed E-state index contributed by atoms with van der Waals surface area (Å²) in [6.45, 7) is 3.62. The van der Waals surface area contributed by atoms with E-state index in [0.717, 1.165) is 5.69 Å². The predicted octanol–water partition coefficient (Wildman–Crippen LogP) is 1.84. The maximum atomic E-state index is 11.5. The van der Waals surface area contributed by atoms with Crippen molar-refractivity contribution in [1.82, 2.24) is 0 Å². The quantitative estimate of drug-likeness (QED) is 0.673. The third-order valence-corrected chi connectivity index (χ3v) is 2.38. The molecular weight excluding hydrogens is 176 g/mol. The van der Waals surface area contributed by atoms with Gasteiger partial charge in [-0.3, -0.25) is 9.80 Å². The molecule has 1 aromatic rings. The van der Waals surface area contributed by atoms with Gasteiger partial charge in [-0.25, -0.2) is 0 Å². The molecule has 0 bridgehead atoms. The van der Waals surface area contributed by atoms with Crippen LogP contribution >= 0.6 is 0 Å². The molecule has 0 saturated carbocycles. The zero-order chi connectivity index (χ0) is 10.1. The van der Waals surface area contributed by atoms with Crippen molar-refractivity contribution in [1.29, 1.82) is 0 Å². The zero-order valence-electron chi connectivity index (χ0n) is 8.27. The fourth-order valence-corrected chi connectivity index (χ4v) is 1.57. The number of Topliss-reactive ketones (excluding diaryl/α,β-unsaturated/α-hetero) is 1. The minimum Gasteiger partial charge on any atom is -0.290 e. The fraction of sp³-hybridized carbons (Fsp3) is 0.273. The summed E-state index contributed by atoms with van der Waals surface area (Å²) < 4.78 is 0. The molecular formula is C11H12N2O. The summed E-state index contributed by atoms with van der Waals surface area (Å²) in [5, 5.41) is 5.98. The van der Waals surface area contributed by atoms with E-state index in [4.69, 9.17) is 0 Å². The summed E-state index contributed by atoms with van der Waals surface area (Å²) in [4.78, 5) is 11.5. The Kier molecular flexibility index (Phi) is 2.08. The number of anilines is 1. The Balaban J connectivity index is 2.34. The summed E-state index contributed by atoms with van der Waals surface area (Å²) in [5.74, 6) is 0.105. The molecule has 1 aliphatic rings. The first kappa shape index (κ1) is 8.94. The Labute approximate surface area is 83.0 Å². The van der Waals surface area contributed by atoms with Gasteiger partial charge in [0.1, 0.15) is 11.8 Å². The number of nitrogens with zero attached hydrogens (tertiary/aromatic N) is 2. The van der Waals surface area contributed by atoms with Crippen LogP contribution in [0.4, 0.5) is 5.69 Å². The Morgan fingerprint density at radius 1 is 1.29 bits per heavy atom. The van der Waals surface area contributed by atoms with Gasteiger partial charge in [-0.1, -0.05) is 18.2 Å². The first-order valence-corrected chi connectivity index (χ1v) is 4.64. The predicted molar refractivity (Wildman–Crippen MR) is 56.5 cm³/mol. The average molecular weight is 188 g/mol. The molecule has 0 spiro atoms. The van der Waals surface area contributed by atoms with E-state index in [1.54, 1.807) is 11.9 Å². The zero-order valence-corrected chi connectivity index (χ0v) is 8.27. The van der Waals surface area contributed by atoms with Crippen molar-refractivity contribution in [3.05, 3.63) is 30.3 Å². The van der Waals surface area contributed by atoms with Crippen molar-refractivity contribution in [3.8, 4) is 0 Å². The third kappa shape index (κ3) is 1.31. The Morgan fingerprint density at radius 2 is 1.93 bits per heavy atom. The van der Waals surface area contributed by atoms with Crippen LogP contribution in [-0.4, -0.2) is 17.5 Å². The van der Waals surface area contributed by atoms with Gasteiger partial charge in [0.15, 0.2) is 0 Å². The van der Waals surface area contributed by atoms with Crippen molar-refractivity contribution in [3.63, 3.8) is 0 Å². The molecule has 1 unspecified atom stereocenters. The molecule has 1 atom stereocenters. The molecule has 3 heteroatoms. The molecule has 1 aromatic carbocycles. The van der Waals surface area contributed by atoms with Crippen molar-refractivity contribution in [2.75, 3.05) is 5.01 Å². The van der Waals surface area contributed by atoms with Gasteiger partial charge in [0.05, 0.1) is 5.69 Å². The minimum absolute atomic E-state index is 0.105. The van der Waals surface area contributed by atoms with E-state index in [2.05, 4.69) is 5.10 Å². The average Bonchev–Trinajstić information content (AvgIpc) is 2.47. The van der Waals surface area contributed by atoms with Gasteiger partial charge in [0.25, 0.3) is 0 Å². The first-order valence-electron chi connectivity index (χ1n) is 4.64. The number of hydrogen-bond donors (Lipinski definition) is 0. The van der Waals surface area contributed by atoms with E-state index >= 15 is 0 Å². The van der Waals surface area contributed by atoms with Crippen LogP contribution in [0.1, 0.15) is 13.8 Å². The van der Waals surface area contributed by atoms with Crippen LogP contribution in [0.2, 0.25) is 0 Å². The maximum Gasteiger partial charge on any atom is 0.202 e. The summed E-state index contributed by atoms with van der Waals surface area (Å²) in [6.07, 6.45) is 0. The summed E-state index contributed by atoms with van der Waals surface area (Å²) in [5.41, 5.74) is 1.55. The first-order chi connectivity index (χ1) is 6.70. The van der Waals surface area contributed by atoms with E-state index in [9.17, 15) is 4.79 Å². The number of hydrazone groups is 1. The van der Waals surface area contributed by atoms with Gasteiger partial charge in [0.2, 0.25) is 5.78 Å². The van der Waals surface area contributed by atoms with Gasteiger partial charge in [-0.05, 0) is 26.0 Å². The highest BCUT2D eigenvalue weighted by molar-refractivity contribution is 6.43. The van der Waals surface area contributed by atoms with Crippen LogP contribution in [0.15, 0.2) is 35.4 Å². The van der Waals surface area contributed by atoms with Crippen LogP contribution < -0.4 is 5.01 Å². The SMILES string of the molecule is CC1=NN(c2ccccc2)C(C)C1=O. The van der Waals surface area contributed by atoms with E-state index in [1.807, 2.05) is 37.3 Å². The highest BCUT2D eigenvalue weighted by atomic mass is 16.1. The van der Waals surface area contributed by atoms with E-state index in [0.29, 0.717) is 5.71 Å². The van der Waals surface area contributed by atoms with Crippen molar-refractivity contribution in [2.45, 2.75) is 19.9 Å². The van der Waals surface area contributed by atoms with Gasteiger partial charge < -0.3 is 0 Å². The largest absolute Gasteiger partial charge is 0.290 e. The molecule has 0 amide bonds. The van der Waals surface area contributed by atoms with Gasteiger partial charge in [-0.15, -0.1) is 0 Å². The number of benzene rings is 1. The Bertz CT molecular complexity index is 384. The molecule has 14 heavy (non-hydrogen) atoms. The summed E-state index contributed by atoms with van der Waals surface area (Å²) in [6, 6.07) is 9.56. The van der Waals surface area contributed by atoms with E-state index in [1.165, 1.54) is 0 Å². The molecule has 0 aromatic heterocycles. The number of carbonyl (C=O) groups is 1. The number of carbonyl (C=O) groups excluding carboxylic acids is 1. The maximum absolute atomic E-state index is 11.5. The highest BCUT2D eigenvalue weighted by Gasteiger charge is 2.29. The lowest BCUT2D eigenvalue weighted by Gasteiger charge is -2.18. The molecule has 0 N–H and O–H groups in total. The monoisotopic (exact) mass is 188 g/mol. The Hall–Kier alpha value is -1.64. The summed E-state index contributed by atoms with van der Waals surface area (Å²) in [7, 11) is 0. The van der Waals surface area contributed by atoms with Crippen LogP contribution in [0.5, 0.6) is 0 Å². The second-order valence-electron chi connectivity index (χ2n) is 3.41. The van der Waals surface area contributed by atoms with Crippen molar-refractivity contribution in [2.24, 2.45) is 5.10 Å². The molecule has 0 fully saturated rings. The molecule has 0 saturated heterocycles. The van der Waals surface area contributed by atoms with Gasteiger partial charge in [-0.2, -0.15) is 5.10 Å². The molecule has 2 rings (SSSR count). The molecule has 1 heterocycles. The highest BCUT2D eigenvalue weighted by Crippen LogP contribution is 2.21. The number of para-hydroxylation sites is 1. The lowest BCUT2D eigenvalue weighted by Crippen LogP contribution is -2.29. The molecule has 3 nitrogen and oxygen atoms in total. The van der Waals surface area contributed by atoms with Crippen LogP contribution in [0.25, 0.3) is 0 Å². The van der Waals surface area contributed by atoms with Gasteiger partial charge in [0, 0.05) is 0 Å². The standard InChI is InChI=1S/C11H12N2O/c1-8-11(14)9(2)13(12-8)10-6-4-3-5-7-10/h3-7,9H,1-2H3. The minimum atomic E-state index is -0.169. The second kappa shape index (κ2) is 3.25. The topological polar surface area (TPSA) is 32.7 Å². The molecule has 1 aliphatic heterocycles. The molecule has 72 valence electrons. The van der Waals surface area contributed by atoms with Crippen LogP contribution in [0.3, 0.4) is 0 Å².